The highest BCUT2D eigenvalue weighted by atomic mass is 16.6. The van der Waals surface area contributed by atoms with E-state index in [1.807, 2.05) is 20.8 Å². The fourth-order valence-electron chi connectivity index (χ4n) is 2.94. The van der Waals surface area contributed by atoms with Crippen molar-refractivity contribution in [3.63, 3.8) is 0 Å². The average Bonchev–Trinajstić information content (AvgIpc) is 2.83. The Bertz CT molecular complexity index is 398. The molecule has 2 fully saturated rings. The van der Waals surface area contributed by atoms with Gasteiger partial charge in [0, 0.05) is 32.1 Å². The van der Waals surface area contributed by atoms with E-state index in [9.17, 15) is 9.59 Å². The minimum Gasteiger partial charge on any atom is -0.444 e. The Morgan fingerprint density at radius 1 is 1.27 bits per heavy atom. The Kier molecular flexibility index (Phi) is 5.67. The molecule has 2 saturated heterocycles. The van der Waals surface area contributed by atoms with E-state index < -0.39 is 5.60 Å². The van der Waals surface area contributed by atoms with E-state index in [0.29, 0.717) is 12.3 Å². The van der Waals surface area contributed by atoms with Crippen molar-refractivity contribution in [2.75, 3.05) is 26.2 Å². The summed E-state index contributed by atoms with van der Waals surface area (Å²) in [7, 11) is 0. The second-order valence-electron chi connectivity index (χ2n) is 7.37. The molecule has 0 spiro atoms. The first-order valence-corrected chi connectivity index (χ1v) is 8.31. The summed E-state index contributed by atoms with van der Waals surface area (Å²) in [5.41, 5.74) is -0.429. The number of hydrogen-bond donors (Lipinski definition) is 2. The molecule has 2 rings (SSSR count). The van der Waals surface area contributed by atoms with Crippen molar-refractivity contribution in [1.29, 1.82) is 0 Å². The molecule has 22 heavy (non-hydrogen) atoms. The van der Waals surface area contributed by atoms with Crippen LogP contribution in [0.25, 0.3) is 0 Å². The number of carbonyl (C=O) groups is 2. The summed E-state index contributed by atoms with van der Waals surface area (Å²) in [6.07, 6.45) is 3.39. The van der Waals surface area contributed by atoms with E-state index in [2.05, 4.69) is 10.6 Å². The molecule has 1 unspecified atom stereocenters. The first-order valence-electron chi connectivity index (χ1n) is 8.31. The molecule has 6 heteroatoms. The molecule has 0 bridgehead atoms. The zero-order valence-corrected chi connectivity index (χ0v) is 14.0. The van der Waals surface area contributed by atoms with Gasteiger partial charge in [0.15, 0.2) is 0 Å². The molecule has 2 N–H and O–H groups in total. The second-order valence-corrected chi connectivity index (χ2v) is 7.37. The minimum absolute atomic E-state index is 0.164. The molecule has 0 radical (unpaired) electrons. The highest BCUT2D eigenvalue weighted by Gasteiger charge is 2.27. The second kappa shape index (κ2) is 7.31. The van der Waals surface area contributed by atoms with Crippen LogP contribution in [0.1, 0.15) is 46.5 Å². The van der Waals surface area contributed by atoms with E-state index in [0.717, 1.165) is 45.4 Å². The highest BCUT2D eigenvalue weighted by Crippen LogP contribution is 2.19. The predicted molar refractivity (Wildman–Crippen MR) is 84.6 cm³/mol. The SMILES string of the molecule is CC(C)(C)OC(=O)N1CCC(CNCC2CCC(=O)N2)CC1. The number of piperidine rings is 1. The van der Waals surface area contributed by atoms with Crippen molar-refractivity contribution in [3.8, 4) is 0 Å². The standard InChI is InChI=1S/C16H29N3O3/c1-16(2,3)22-15(21)19-8-6-12(7-9-19)10-17-11-13-4-5-14(20)18-13/h12-13,17H,4-11H2,1-3H3,(H,18,20). The fraction of sp³-hybridized carbons (Fsp3) is 0.875. The van der Waals surface area contributed by atoms with Crippen molar-refractivity contribution in [2.24, 2.45) is 5.92 Å². The number of hydrogen-bond acceptors (Lipinski definition) is 4. The molecule has 0 saturated carbocycles. The first-order chi connectivity index (χ1) is 10.3. The Balaban J connectivity index is 1.61. The van der Waals surface area contributed by atoms with Gasteiger partial charge in [-0.05, 0) is 52.5 Å². The van der Waals surface area contributed by atoms with Crippen molar-refractivity contribution in [3.05, 3.63) is 0 Å². The largest absolute Gasteiger partial charge is 0.444 e. The molecule has 0 aromatic rings. The van der Waals surface area contributed by atoms with Gasteiger partial charge < -0.3 is 20.3 Å². The van der Waals surface area contributed by atoms with Crippen LogP contribution in [0, 0.1) is 5.92 Å². The molecule has 2 aliphatic heterocycles. The van der Waals surface area contributed by atoms with Crippen LogP contribution in [0.3, 0.4) is 0 Å². The summed E-state index contributed by atoms with van der Waals surface area (Å²) in [6, 6.07) is 0.286. The molecule has 2 amide bonds. The van der Waals surface area contributed by atoms with Crippen LogP contribution in [0.5, 0.6) is 0 Å². The van der Waals surface area contributed by atoms with E-state index in [4.69, 9.17) is 4.74 Å². The molecular formula is C16H29N3O3. The van der Waals surface area contributed by atoms with Crippen molar-refractivity contribution >= 4 is 12.0 Å². The van der Waals surface area contributed by atoms with Crippen LogP contribution in [-0.2, 0) is 9.53 Å². The summed E-state index contributed by atoms with van der Waals surface area (Å²) in [5, 5.41) is 6.41. The highest BCUT2D eigenvalue weighted by molar-refractivity contribution is 5.78. The van der Waals surface area contributed by atoms with Crippen molar-refractivity contribution < 1.29 is 14.3 Å². The minimum atomic E-state index is -0.429. The average molecular weight is 311 g/mol. The van der Waals surface area contributed by atoms with Gasteiger partial charge in [0.1, 0.15) is 5.60 Å². The van der Waals surface area contributed by atoms with Gasteiger partial charge in [-0.1, -0.05) is 0 Å². The van der Waals surface area contributed by atoms with E-state index >= 15 is 0 Å². The molecule has 2 heterocycles. The normalized spacial score (nSPS) is 23.5. The van der Waals surface area contributed by atoms with E-state index in [1.165, 1.54) is 0 Å². The number of nitrogens with one attached hydrogen (secondary N) is 2. The predicted octanol–water partition coefficient (Wildman–Crippen LogP) is 1.50. The van der Waals surface area contributed by atoms with E-state index in [1.54, 1.807) is 4.90 Å². The van der Waals surface area contributed by atoms with Crippen LogP contribution in [0.2, 0.25) is 0 Å². The maximum atomic E-state index is 12.0. The Morgan fingerprint density at radius 3 is 2.50 bits per heavy atom. The number of amides is 2. The van der Waals surface area contributed by atoms with Gasteiger partial charge in [-0.25, -0.2) is 4.79 Å². The number of nitrogens with zero attached hydrogens (tertiary/aromatic N) is 1. The maximum Gasteiger partial charge on any atom is 0.410 e. The van der Waals surface area contributed by atoms with Crippen LogP contribution in [-0.4, -0.2) is 54.7 Å². The van der Waals surface area contributed by atoms with Crippen molar-refractivity contribution in [2.45, 2.75) is 58.1 Å². The molecular weight excluding hydrogens is 282 g/mol. The van der Waals surface area contributed by atoms with Gasteiger partial charge in [0.2, 0.25) is 5.91 Å². The molecule has 1 atom stereocenters. The Labute approximate surface area is 132 Å². The zero-order chi connectivity index (χ0) is 16.2. The van der Waals surface area contributed by atoms with Crippen LogP contribution in [0.15, 0.2) is 0 Å². The van der Waals surface area contributed by atoms with Gasteiger partial charge in [0.25, 0.3) is 0 Å². The molecule has 0 aliphatic carbocycles. The molecule has 0 aromatic heterocycles. The number of likely N-dealkylation sites (tertiary alicyclic amines) is 1. The zero-order valence-electron chi connectivity index (χ0n) is 14.0. The topological polar surface area (TPSA) is 70.7 Å². The molecule has 126 valence electrons. The molecule has 2 aliphatic rings. The third-order valence-electron chi connectivity index (χ3n) is 4.17. The lowest BCUT2D eigenvalue weighted by Gasteiger charge is -2.33. The first kappa shape index (κ1) is 17.1. The van der Waals surface area contributed by atoms with Crippen molar-refractivity contribution in [1.82, 2.24) is 15.5 Å². The summed E-state index contributed by atoms with van der Waals surface area (Å²) in [5.74, 6) is 0.758. The van der Waals surface area contributed by atoms with Crippen LogP contribution in [0.4, 0.5) is 4.79 Å². The quantitative estimate of drug-likeness (QED) is 0.825. The lowest BCUT2D eigenvalue weighted by atomic mass is 9.97. The fourth-order valence-corrected chi connectivity index (χ4v) is 2.94. The summed E-state index contributed by atoms with van der Waals surface area (Å²) < 4.78 is 5.40. The van der Waals surface area contributed by atoms with Crippen LogP contribution < -0.4 is 10.6 Å². The third-order valence-corrected chi connectivity index (χ3v) is 4.17. The monoisotopic (exact) mass is 311 g/mol. The summed E-state index contributed by atoms with van der Waals surface area (Å²) in [6.45, 7) is 9.01. The molecule has 0 aromatic carbocycles. The lowest BCUT2D eigenvalue weighted by molar-refractivity contribution is -0.119. The van der Waals surface area contributed by atoms with Gasteiger partial charge in [-0.15, -0.1) is 0 Å². The lowest BCUT2D eigenvalue weighted by Crippen LogP contribution is -2.44. The van der Waals surface area contributed by atoms with Gasteiger partial charge in [0.05, 0.1) is 0 Å². The van der Waals surface area contributed by atoms with Gasteiger partial charge in [-0.2, -0.15) is 0 Å². The molecule has 6 nitrogen and oxygen atoms in total. The third kappa shape index (κ3) is 5.48. The Hall–Kier alpha value is -1.30. The number of rotatable bonds is 4. The van der Waals surface area contributed by atoms with Crippen LogP contribution >= 0.6 is 0 Å². The van der Waals surface area contributed by atoms with Gasteiger partial charge in [-0.3, -0.25) is 4.79 Å². The van der Waals surface area contributed by atoms with Gasteiger partial charge >= 0.3 is 6.09 Å². The smallest absolute Gasteiger partial charge is 0.410 e. The number of ether oxygens (including phenoxy) is 1. The number of carbonyl (C=O) groups excluding carboxylic acids is 2. The Morgan fingerprint density at radius 2 is 1.95 bits per heavy atom. The summed E-state index contributed by atoms with van der Waals surface area (Å²) in [4.78, 5) is 24.9. The summed E-state index contributed by atoms with van der Waals surface area (Å²) >= 11 is 0. The van der Waals surface area contributed by atoms with E-state index in [-0.39, 0.29) is 18.0 Å². The maximum absolute atomic E-state index is 12.0.